The molecule has 0 bridgehead atoms. The lowest BCUT2D eigenvalue weighted by molar-refractivity contribution is -0.142. The summed E-state index contributed by atoms with van der Waals surface area (Å²) in [6.45, 7) is 0.305. The summed E-state index contributed by atoms with van der Waals surface area (Å²) in [4.78, 5) is 68.2. The third kappa shape index (κ3) is 7.99. The highest BCUT2D eigenvalue weighted by Crippen LogP contribution is 2.23. The fourth-order valence-corrected chi connectivity index (χ4v) is 6.07. The van der Waals surface area contributed by atoms with Crippen molar-refractivity contribution in [3.8, 4) is 5.75 Å². The molecule has 0 unspecified atom stereocenters. The van der Waals surface area contributed by atoms with Crippen molar-refractivity contribution in [3.63, 3.8) is 0 Å². The van der Waals surface area contributed by atoms with E-state index in [0.29, 0.717) is 25.8 Å². The number of fused-ring (bicyclic) bond motifs is 2. The van der Waals surface area contributed by atoms with Gasteiger partial charge in [-0.2, -0.15) is 0 Å². The molecule has 12 nitrogen and oxygen atoms in total. The van der Waals surface area contributed by atoms with Gasteiger partial charge in [0.05, 0.1) is 12.6 Å². The van der Waals surface area contributed by atoms with E-state index in [9.17, 15) is 29.1 Å². The van der Waals surface area contributed by atoms with E-state index in [-0.39, 0.29) is 38.1 Å². The minimum Gasteiger partial charge on any atom is -0.508 e. The number of rotatable bonds is 6. The van der Waals surface area contributed by atoms with Crippen LogP contribution in [-0.2, 0) is 36.8 Å². The Morgan fingerprint density at radius 2 is 1.70 bits per heavy atom. The highest BCUT2D eigenvalue weighted by molar-refractivity contribution is 5.96. The SMILES string of the molecule is N[C@@H](Cc1ccc(O)cc1)C(=O)N[C@@H]1CCCNC(=O)CNC(=O)[C@H]2CCCN2C(=O)[C@H](Cc2cccc3ccccc23)NC1=O. The third-order valence-corrected chi connectivity index (χ3v) is 8.53. The largest absolute Gasteiger partial charge is 0.508 e. The van der Waals surface area contributed by atoms with E-state index in [4.69, 9.17) is 5.73 Å². The molecule has 12 heteroatoms. The summed E-state index contributed by atoms with van der Waals surface area (Å²) in [5.41, 5.74) is 7.79. The summed E-state index contributed by atoms with van der Waals surface area (Å²) in [6, 6.07) is 16.0. The van der Waals surface area contributed by atoms with E-state index >= 15 is 0 Å². The Kier molecular flexibility index (Phi) is 10.5. The van der Waals surface area contributed by atoms with E-state index in [2.05, 4.69) is 21.3 Å². The van der Waals surface area contributed by atoms with Crippen molar-refractivity contribution in [2.75, 3.05) is 19.6 Å². The average molecular weight is 629 g/mol. The minimum absolute atomic E-state index is 0.0916. The van der Waals surface area contributed by atoms with Crippen LogP contribution in [0.2, 0.25) is 0 Å². The monoisotopic (exact) mass is 628 g/mol. The number of carbonyl (C=O) groups excluding carboxylic acids is 5. The van der Waals surface area contributed by atoms with Crippen molar-refractivity contribution >= 4 is 40.3 Å². The van der Waals surface area contributed by atoms with E-state index < -0.39 is 53.7 Å². The predicted octanol–water partition coefficient (Wildman–Crippen LogP) is 0.645. The van der Waals surface area contributed by atoms with Gasteiger partial charge in [-0.3, -0.25) is 24.0 Å². The van der Waals surface area contributed by atoms with Gasteiger partial charge in [0, 0.05) is 19.5 Å². The average Bonchev–Trinajstić information content (AvgIpc) is 3.55. The van der Waals surface area contributed by atoms with Crippen LogP contribution in [0.1, 0.15) is 36.8 Å². The standard InChI is InChI=1S/C34H40N6O6/c35-26(18-21-12-14-24(41)15-13-21)31(43)38-27-10-4-16-36-30(42)20-37-33(45)29-11-5-17-40(29)34(46)28(39-32(27)44)19-23-8-3-7-22-6-1-2-9-25(22)23/h1-3,6-9,12-15,26-29,41H,4-5,10-11,16-20,35H2,(H,36,42)(H,37,45)(H,38,43)(H,39,44)/t26-,27+,28-,29+/m0/s1. The number of hydrogen-bond donors (Lipinski definition) is 6. The molecule has 0 aromatic heterocycles. The highest BCUT2D eigenvalue weighted by atomic mass is 16.3. The van der Waals surface area contributed by atoms with Gasteiger partial charge in [0.1, 0.15) is 23.9 Å². The number of amides is 5. The summed E-state index contributed by atoms with van der Waals surface area (Å²) in [5, 5.41) is 22.5. The van der Waals surface area contributed by atoms with Crippen molar-refractivity contribution in [3.05, 3.63) is 77.9 Å². The zero-order valence-electron chi connectivity index (χ0n) is 25.5. The van der Waals surface area contributed by atoms with Crippen LogP contribution in [0.4, 0.5) is 0 Å². The van der Waals surface area contributed by atoms with Crippen LogP contribution in [0.3, 0.4) is 0 Å². The number of phenolic OH excluding ortho intramolecular Hbond substituents is 1. The van der Waals surface area contributed by atoms with Gasteiger partial charge in [-0.15, -0.1) is 0 Å². The molecule has 2 fully saturated rings. The Labute approximate surface area is 267 Å². The molecule has 2 aliphatic heterocycles. The first-order chi connectivity index (χ1) is 22.2. The predicted molar refractivity (Wildman–Crippen MR) is 171 cm³/mol. The molecule has 0 saturated carbocycles. The van der Waals surface area contributed by atoms with Crippen LogP contribution < -0.4 is 27.0 Å². The van der Waals surface area contributed by atoms with Gasteiger partial charge in [-0.25, -0.2) is 0 Å². The first-order valence-electron chi connectivity index (χ1n) is 15.7. The Bertz CT molecular complexity index is 1590. The summed E-state index contributed by atoms with van der Waals surface area (Å²) in [6.07, 6.45) is 1.88. The number of benzene rings is 3. The van der Waals surface area contributed by atoms with E-state index in [1.54, 1.807) is 12.1 Å². The maximum absolute atomic E-state index is 14.2. The lowest BCUT2D eigenvalue weighted by Gasteiger charge is -2.30. The van der Waals surface area contributed by atoms with Crippen molar-refractivity contribution in [2.45, 2.75) is 62.7 Å². The number of hydrogen-bond acceptors (Lipinski definition) is 7. The zero-order chi connectivity index (χ0) is 32.6. The molecule has 0 aliphatic carbocycles. The van der Waals surface area contributed by atoms with Gasteiger partial charge in [0.25, 0.3) is 0 Å². The van der Waals surface area contributed by atoms with Crippen molar-refractivity contribution in [2.24, 2.45) is 5.73 Å². The maximum Gasteiger partial charge on any atom is 0.246 e. The smallest absolute Gasteiger partial charge is 0.246 e. The Hall–Kier alpha value is -4.97. The molecular formula is C34H40N6O6. The molecule has 2 heterocycles. The maximum atomic E-state index is 14.2. The number of phenols is 1. The van der Waals surface area contributed by atoms with Crippen LogP contribution in [0.25, 0.3) is 10.8 Å². The molecule has 4 atom stereocenters. The molecular weight excluding hydrogens is 588 g/mol. The normalized spacial score (nSPS) is 22.1. The van der Waals surface area contributed by atoms with Crippen LogP contribution in [0.15, 0.2) is 66.7 Å². The number of nitrogens with two attached hydrogens (primary N) is 1. The summed E-state index contributed by atoms with van der Waals surface area (Å²) in [5.74, 6) is -2.25. The van der Waals surface area contributed by atoms with Gasteiger partial charge in [0.2, 0.25) is 29.5 Å². The van der Waals surface area contributed by atoms with E-state index in [1.807, 2.05) is 42.5 Å². The fourth-order valence-electron chi connectivity index (χ4n) is 6.07. The molecule has 0 spiro atoms. The second kappa shape index (κ2) is 14.9. The van der Waals surface area contributed by atoms with Gasteiger partial charge in [-0.05, 0) is 66.1 Å². The first-order valence-corrected chi connectivity index (χ1v) is 15.7. The van der Waals surface area contributed by atoms with Crippen molar-refractivity contribution < 1.29 is 29.1 Å². The lowest BCUT2D eigenvalue weighted by atomic mass is 9.97. The zero-order valence-corrected chi connectivity index (χ0v) is 25.5. The van der Waals surface area contributed by atoms with Gasteiger partial charge < -0.3 is 37.0 Å². The summed E-state index contributed by atoms with van der Waals surface area (Å²) in [7, 11) is 0. The second-order valence-electron chi connectivity index (χ2n) is 11.8. The van der Waals surface area contributed by atoms with Gasteiger partial charge >= 0.3 is 0 Å². The molecule has 5 rings (SSSR count). The van der Waals surface area contributed by atoms with E-state index in [0.717, 1.165) is 21.9 Å². The third-order valence-electron chi connectivity index (χ3n) is 8.53. The molecule has 3 aromatic carbocycles. The van der Waals surface area contributed by atoms with Crippen LogP contribution in [0.5, 0.6) is 5.75 Å². The number of nitrogens with one attached hydrogen (secondary N) is 4. The number of carbonyl (C=O) groups is 5. The van der Waals surface area contributed by atoms with Gasteiger partial charge in [-0.1, -0.05) is 54.6 Å². The Morgan fingerprint density at radius 3 is 2.50 bits per heavy atom. The molecule has 7 N–H and O–H groups in total. The number of nitrogens with zero attached hydrogens (tertiary/aromatic N) is 1. The second-order valence-corrected chi connectivity index (χ2v) is 11.8. The molecule has 2 saturated heterocycles. The molecule has 46 heavy (non-hydrogen) atoms. The Morgan fingerprint density at radius 1 is 0.935 bits per heavy atom. The number of aromatic hydroxyl groups is 1. The topological polar surface area (TPSA) is 183 Å². The van der Waals surface area contributed by atoms with Crippen molar-refractivity contribution in [1.82, 2.24) is 26.2 Å². The quantitative estimate of drug-likeness (QED) is 0.232. The molecule has 242 valence electrons. The molecule has 2 aliphatic rings. The van der Waals surface area contributed by atoms with Gasteiger partial charge in [0.15, 0.2) is 0 Å². The Balaban J connectivity index is 1.41. The van der Waals surface area contributed by atoms with Crippen LogP contribution in [-0.4, -0.2) is 83.3 Å². The minimum atomic E-state index is -1.04. The summed E-state index contributed by atoms with van der Waals surface area (Å²) < 4.78 is 0. The molecule has 3 aromatic rings. The van der Waals surface area contributed by atoms with Crippen LogP contribution >= 0.6 is 0 Å². The first kappa shape index (κ1) is 32.4. The fraction of sp³-hybridized carbons (Fsp3) is 0.382. The van der Waals surface area contributed by atoms with Crippen molar-refractivity contribution in [1.29, 1.82) is 0 Å². The lowest BCUT2D eigenvalue weighted by Crippen LogP contribution is -2.58. The van der Waals surface area contributed by atoms with Crippen LogP contribution in [0, 0.1) is 0 Å². The molecule has 5 amide bonds. The molecule has 0 radical (unpaired) electrons. The highest BCUT2D eigenvalue weighted by Gasteiger charge is 2.39. The van der Waals surface area contributed by atoms with E-state index in [1.165, 1.54) is 17.0 Å². The summed E-state index contributed by atoms with van der Waals surface area (Å²) >= 11 is 0.